The zero-order chi connectivity index (χ0) is 13.0. The number of ether oxygens (including phenoxy) is 2. The van der Waals surface area contributed by atoms with Crippen molar-refractivity contribution < 1.29 is 14.6 Å². The van der Waals surface area contributed by atoms with Gasteiger partial charge in [0.25, 0.3) is 0 Å². The highest BCUT2D eigenvalue weighted by atomic mass is 16.5. The minimum absolute atomic E-state index is 0.0174. The molecule has 1 saturated carbocycles. The number of fused-ring (bicyclic) bond motifs is 1. The number of benzene rings is 1. The molecule has 0 aromatic heterocycles. The zero-order valence-electron chi connectivity index (χ0n) is 11.2. The van der Waals surface area contributed by atoms with E-state index in [1.165, 1.54) is 0 Å². The number of hydrogen-bond donors (Lipinski definition) is 1. The number of rotatable bonds is 1. The van der Waals surface area contributed by atoms with E-state index in [0.717, 1.165) is 35.5 Å². The van der Waals surface area contributed by atoms with Crippen molar-refractivity contribution in [3.05, 3.63) is 23.3 Å². The summed E-state index contributed by atoms with van der Waals surface area (Å²) in [6.07, 6.45) is 1.69. The molecule has 3 rings (SSSR count). The first-order chi connectivity index (χ1) is 8.40. The second-order valence-corrected chi connectivity index (χ2v) is 6.39. The van der Waals surface area contributed by atoms with Crippen molar-refractivity contribution >= 4 is 0 Å². The van der Waals surface area contributed by atoms with Crippen LogP contribution in [0.5, 0.6) is 11.5 Å². The van der Waals surface area contributed by atoms with Gasteiger partial charge >= 0.3 is 0 Å². The Morgan fingerprint density at radius 1 is 1.06 bits per heavy atom. The first kappa shape index (κ1) is 11.8. The summed E-state index contributed by atoms with van der Waals surface area (Å²) in [6, 6.07) is 3.95. The predicted molar refractivity (Wildman–Crippen MR) is 69.1 cm³/mol. The Hall–Kier alpha value is -1.22. The van der Waals surface area contributed by atoms with Crippen LogP contribution in [-0.2, 0) is 5.60 Å². The molecule has 3 heteroatoms. The van der Waals surface area contributed by atoms with Gasteiger partial charge in [0.05, 0.1) is 18.8 Å². The molecule has 0 radical (unpaired) electrons. The van der Waals surface area contributed by atoms with Crippen LogP contribution in [0.1, 0.15) is 37.8 Å². The summed E-state index contributed by atoms with van der Waals surface area (Å²) < 4.78 is 11.7. The van der Waals surface area contributed by atoms with Gasteiger partial charge in [-0.1, -0.05) is 13.8 Å². The molecule has 0 bridgehead atoms. The van der Waals surface area contributed by atoms with Crippen LogP contribution < -0.4 is 9.47 Å². The molecule has 1 N–H and O–H groups in total. The first-order valence-corrected chi connectivity index (χ1v) is 6.53. The van der Waals surface area contributed by atoms with Crippen LogP contribution in [0.4, 0.5) is 0 Å². The summed E-state index contributed by atoms with van der Waals surface area (Å²) in [6.45, 7) is 7.57. The average Bonchev–Trinajstić information content (AvgIpc) is 3.05. The predicted octanol–water partition coefficient (Wildman–Crippen LogP) is 2.77. The van der Waals surface area contributed by atoms with E-state index in [-0.39, 0.29) is 5.41 Å². The van der Waals surface area contributed by atoms with Crippen LogP contribution >= 0.6 is 0 Å². The zero-order valence-corrected chi connectivity index (χ0v) is 11.2. The lowest BCUT2D eigenvalue weighted by molar-refractivity contribution is 0.139. The van der Waals surface area contributed by atoms with Crippen molar-refractivity contribution in [3.8, 4) is 11.5 Å². The Kier molecular flexibility index (Phi) is 2.39. The van der Waals surface area contributed by atoms with Crippen LogP contribution in [-0.4, -0.2) is 18.3 Å². The molecule has 0 saturated heterocycles. The molecule has 98 valence electrons. The highest BCUT2D eigenvalue weighted by molar-refractivity contribution is 5.50. The molecule has 0 atom stereocenters. The molecule has 1 aromatic carbocycles. The minimum atomic E-state index is -0.621. The second-order valence-electron chi connectivity index (χ2n) is 6.39. The van der Waals surface area contributed by atoms with Crippen LogP contribution in [0.3, 0.4) is 0 Å². The molecule has 1 aliphatic carbocycles. The molecule has 0 spiro atoms. The summed E-state index contributed by atoms with van der Waals surface area (Å²) in [4.78, 5) is 0. The summed E-state index contributed by atoms with van der Waals surface area (Å²) in [5, 5.41) is 10.3. The molecule has 1 aliphatic heterocycles. The fourth-order valence-electron chi connectivity index (χ4n) is 2.36. The van der Waals surface area contributed by atoms with E-state index in [4.69, 9.17) is 9.47 Å². The lowest BCUT2D eigenvalue weighted by Crippen LogP contribution is -2.26. The second kappa shape index (κ2) is 3.64. The summed E-state index contributed by atoms with van der Waals surface area (Å²) >= 11 is 0. The van der Waals surface area contributed by atoms with Gasteiger partial charge in [0, 0.05) is 5.41 Å². The molecule has 18 heavy (non-hydrogen) atoms. The molecule has 1 fully saturated rings. The van der Waals surface area contributed by atoms with Crippen molar-refractivity contribution in [1.29, 1.82) is 0 Å². The lowest BCUT2D eigenvalue weighted by atomic mass is 9.97. The Morgan fingerprint density at radius 2 is 1.61 bits per heavy atom. The summed E-state index contributed by atoms with van der Waals surface area (Å²) in [7, 11) is 0. The highest BCUT2D eigenvalue weighted by Crippen LogP contribution is 2.49. The fraction of sp³-hybridized carbons (Fsp3) is 0.600. The van der Waals surface area contributed by atoms with E-state index in [1.54, 1.807) is 0 Å². The third-order valence-corrected chi connectivity index (χ3v) is 3.75. The van der Waals surface area contributed by atoms with Gasteiger partial charge in [-0.05, 0) is 43.0 Å². The number of hydrogen-bond acceptors (Lipinski definition) is 3. The monoisotopic (exact) mass is 248 g/mol. The lowest BCUT2D eigenvalue weighted by Gasteiger charge is -2.19. The molecule has 0 unspecified atom stereocenters. The fourth-order valence-corrected chi connectivity index (χ4v) is 2.36. The smallest absolute Gasteiger partial charge is 0.161 e. The Morgan fingerprint density at radius 3 is 2.17 bits per heavy atom. The van der Waals surface area contributed by atoms with Crippen molar-refractivity contribution in [2.75, 3.05) is 13.2 Å². The van der Waals surface area contributed by atoms with E-state index in [1.807, 2.05) is 19.1 Å². The maximum atomic E-state index is 10.3. The van der Waals surface area contributed by atoms with Gasteiger partial charge in [0.1, 0.15) is 0 Å². The third-order valence-electron chi connectivity index (χ3n) is 3.75. The van der Waals surface area contributed by atoms with Gasteiger partial charge in [-0.3, -0.25) is 0 Å². The van der Waals surface area contributed by atoms with E-state index in [2.05, 4.69) is 13.8 Å². The Bertz CT molecular complexity index is 487. The quantitative estimate of drug-likeness (QED) is 0.830. The van der Waals surface area contributed by atoms with Crippen LogP contribution in [0.2, 0.25) is 0 Å². The molecule has 3 nitrogen and oxygen atoms in total. The standard InChI is InChI=1S/C15H20O3/c1-10-6-12-13(7-11(10)15(16)4-5-15)18-9-14(2,3)8-17-12/h6-7,16H,4-5,8-9H2,1-3H3. The third kappa shape index (κ3) is 1.97. The van der Waals surface area contributed by atoms with Gasteiger partial charge in [0.15, 0.2) is 11.5 Å². The van der Waals surface area contributed by atoms with Crippen LogP contribution in [0.25, 0.3) is 0 Å². The average molecular weight is 248 g/mol. The highest BCUT2D eigenvalue weighted by Gasteiger charge is 2.43. The van der Waals surface area contributed by atoms with Crippen LogP contribution in [0, 0.1) is 12.3 Å². The molecule has 1 aromatic rings. The molecule has 0 amide bonds. The maximum absolute atomic E-state index is 10.3. The van der Waals surface area contributed by atoms with Crippen molar-refractivity contribution in [2.45, 2.75) is 39.2 Å². The van der Waals surface area contributed by atoms with Gasteiger partial charge in [-0.25, -0.2) is 0 Å². The maximum Gasteiger partial charge on any atom is 0.161 e. The topological polar surface area (TPSA) is 38.7 Å². The van der Waals surface area contributed by atoms with E-state index >= 15 is 0 Å². The molecular weight excluding hydrogens is 228 g/mol. The molecular formula is C15H20O3. The van der Waals surface area contributed by atoms with Gasteiger partial charge in [-0.15, -0.1) is 0 Å². The minimum Gasteiger partial charge on any atom is -0.489 e. The van der Waals surface area contributed by atoms with E-state index in [0.29, 0.717) is 13.2 Å². The van der Waals surface area contributed by atoms with Crippen molar-refractivity contribution in [2.24, 2.45) is 5.41 Å². The van der Waals surface area contributed by atoms with Gasteiger partial charge in [-0.2, -0.15) is 0 Å². The van der Waals surface area contributed by atoms with Crippen LogP contribution in [0.15, 0.2) is 12.1 Å². The SMILES string of the molecule is Cc1cc2c(cc1C1(O)CC1)OCC(C)(C)CO2. The normalized spacial score (nSPS) is 23.3. The Balaban J connectivity index is 1.99. The molecule has 1 heterocycles. The van der Waals surface area contributed by atoms with Gasteiger partial charge in [0.2, 0.25) is 0 Å². The number of aliphatic hydroxyl groups is 1. The van der Waals surface area contributed by atoms with Crippen molar-refractivity contribution in [3.63, 3.8) is 0 Å². The summed E-state index contributed by atoms with van der Waals surface area (Å²) in [5.41, 5.74) is 1.47. The summed E-state index contributed by atoms with van der Waals surface area (Å²) in [5.74, 6) is 1.56. The Labute approximate surface area is 108 Å². The van der Waals surface area contributed by atoms with E-state index in [9.17, 15) is 5.11 Å². The van der Waals surface area contributed by atoms with Gasteiger partial charge < -0.3 is 14.6 Å². The number of aryl methyl sites for hydroxylation is 1. The largest absolute Gasteiger partial charge is 0.489 e. The molecule has 2 aliphatic rings. The first-order valence-electron chi connectivity index (χ1n) is 6.53. The van der Waals surface area contributed by atoms with E-state index < -0.39 is 5.60 Å². The van der Waals surface area contributed by atoms with Crippen molar-refractivity contribution in [1.82, 2.24) is 0 Å².